The molecule has 9 heteroatoms. The summed E-state index contributed by atoms with van der Waals surface area (Å²) in [4.78, 5) is 6.06. The van der Waals surface area contributed by atoms with E-state index in [2.05, 4.69) is 10.3 Å². The number of aliphatic imine (C=N–C) groups is 1. The van der Waals surface area contributed by atoms with Crippen LogP contribution in [0.25, 0.3) is 0 Å². The van der Waals surface area contributed by atoms with E-state index in [1.165, 1.54) is 18.6 Å². The van der Waals surface area contributed by atoms with Crippen molar-refractivity contribution in [2.24, 2.45) is 10.7 Å². The molecule has 1 heterocycles. The van der Waals surface area contributed by atoms with Crippen LogP contribution < -0.4 is 16.0 Å². The number of ether oxygens (including phenoxy) is 1. The zero-order valence-corrected chi connectivity index (χ0v) is 18.1. The first kappa shape index (κ1) is 23.1. The molecular weight excluding hydrogens is 484 g/mol. The fourth-order valence-electron chi connectivity index (χ4n) is 3.66. The number of benzene rings is 1. The van der Waals surface area contributed by atoms with Crippen molar-refractivity contribution in [2.45, 2.75) is 50.9 Å². The van der Waals surface area contributed by atoms with Gasteiger partial charge in [0.05, 0.1) is 25.3 Å². The third-order valence-electron chi connectivity index (χ3n) is 5.15. The predicted octanol–water partition coefficient (Wildman–Crippen LogP) is 3.90. The molecule has 158 valence electrons. The normalized spacial score (nSPS) is 19.2. The number of rotatable bonds is 4. The van der Waals surface area contributed by atoms with Gasteiger partial charge in [0.1, 0.15) is 0 Å². The minimum Gasteiger partial charge on any atom is -0.378 e. The van der Waals surface area contributed by atoms with Crippen LogP contribution in [0.1, 0.15) is 43.2 Å². The number of guanidine groups is 1. The summed E-state index contributed by atoms with van der Waals surface area (Å²) in [6.45, 7) is 2.14. The zero-order valence-electron chi connectivity index (χ0n) is 15.8. The summed E-state index contributed by atoms with van der Waals surface area (Å²) in [5, 5.41) is 3.13. The van der Waals surface area contributed by atoms with Crippen LogP contribution >= 0.6 is 24.0 Å². The van der Waals surface area contributed by atoms with E-state index >= 15 is 0 Å². The van der Waals surface area contributed by atoms with E-state index in [-0.39, 0.29) is 48.1 Å². The van der Waals surface area contributed by atoms with Crippen molar-refractivity contribution in [3.63, 3.8) is 0 Å². The molecule has 0 unspecified atom stereocenters. The van der Waals surface area contributed by atoms with Gasteiger partial charge in [-0.05, 0) is 30.5 Å². The highest BCUT2D eigenvalue weighted by molar-refractivity contribution is 14.0. The number of nitrogens with two attached hydrogens (primary N) is 1. The van der Waals surface area contributed by atoms with Gasteiger partial charge in [-0.25, -0.2) is 4.99 Å². The van der Waals surface area contributed by atoms with Gasteiger partial charge in [0.2, 0.25) is 0 Å². The first-order valence-corrected chi connectivity index (χ1v) is 9.53. The van der Waals surface area contributed by atoms with Gasteiger partial charge in [-0.3, -0.25) is 0 Å². The number of alkyl halides is 3. The van der Waals surface area contributed by atoms with Crippen molar-refractivity contribution in [1.29, 1.82) is 0 Å². The monoisotopic (exact) mass is 512 g/mol. The number of anilines is 1. The van der Waals surface area contributed by atoms with Crippen molar-refractivity contribution in [1.82, 2.24) is 5.32 Å². The maximum absolute atomic E-state index is 13.6. The second kappa shape index (κ2) is 10.5. The molecule has 0 atom stereocenters. The molecule has 1 aliphatic heterocycles. The van der Waals surface area contributed by atoms with Gasteiger partial charge in [-0.15, -0.1) is 24.0 Å². The van der Waals surface area contributed by atoms with Gasteiger partial charge in [-0.1, -0.05) is 25.3 Å². The topological polar surface area (TPSA) is 62.9 Å². The zero-order chi connectivity index (χ0) is 19.3. The fraction of sp³-hybridized carbons (Fsp3) is 0.632. The van der Waals surface area contributed by atoms with Gasteiger partial charge in [0.25, 0.3) is 0 Å². The molecule has 0 bridgehead atoms. The molecule has 0 radical (unpaired) electrons. The fourth-order valence-corrected chi connectivity index (χ4v) is 3.66. The number of nitrogens with one attached hydrogen (secondary N) is 1. The van der Waals surface area contributed by atoms with E-state index in [9.17, 15) is 13.2 Å². The summed E-state index contributed by atoms with van der Waals surface area (Å²) in [5.74, 6) is 0.215. The molecule has 0 aromatic heterocycles. The summed E-state index contributed by atoms with van der Waals surface area (Å²) >= 11 is 0. The first-order valence-electron chi connectivity index (χ1n) is 9.53. The second-order valence-corrected chi connectivity index (χ2v) is 7.12. The molecule has 1 saturated carbocycles. The van der Waals surface area contributed by atoms with Crippen LogP contribution in [0, 0.1) is 0 Å². The van der Waals surface area contributed by atoms with Crippen LogP contribution in [0.4, 0.5) is 18.9 Å². The third kappa shape index (κ3) is 6.40. The van der Waals surface area contributed by atoms with Crippen molar-refractivity contribution in [3.8, 4) is 0 Å². The second-order valence-electron chi connectivity index (χ2n) is 7.12. The van der Waals surface area contributed by atoms with Gasteiger partial charge in [-0.2, -0.15) is 13.2 Å². The standard InChI is InChI=1S/C19H27F3N4O.HI/c20-19(21,22)17-12-16(26-8-10-27-11-9-26)7-6-14(17)13-24-18(23)25-15-4-2-1-3-5-15;/h6-7,12,15H,1-5,8-11,13H2,(H3,23,24,25);1H. The highest BCUT2D eigenvalue weighted by Crippen LogP contribution is 2.35. The average Bonchev–Trinajstić information content (AvgIpc) is 2.67. The quantitative estimate of drug-likeness (QED) is 0.365. The molecule has 0 spiro atoms. The summed E-state index contributed by atoms with van der Waals surface area (Å²) in [6, 6.07) is 4.70. The Morgan fingerprint density at radius 2 is 1.86 bits per heavy atom. The Balaban J connectivity index is 0.00000280. The summed E-state index contributed by atoms with van der Waals surface area (Å²) < 4.78 is 45.9. The Bertz CT molecular complexity index is 657. The maximum Gasteiger partial charge on any atom is 0.416 e. The molecule has 3 N–H and O–H groups in total. The average molecular weight is 512 g/mol. The Labute approximate surface area is 180 Å². The van der Waals surface area contributed by atoms with Crippen molar-refractivity contribution in [2.75, 3.05) is 31.2 Å². The molecule has 28 heavy (non-hydrogen) atoms. The lowest BCUT2D eigenvalue weighted by Gasteiger charge is -2.29. The molecule has 3 rings (SSSR count). The highest BCUT2D eigenvalue weighted by Gasteiger charge is 2.34. The molecular formula is C19H28F3IN4O. The van der Waals surface area contributed by atoms with Crippen molar-refractivity contribution >= 4 is 35.6 Å². The van der Waals surface area contributed by atoms with E-state index in [1.54, 1.807) is 6.07 Å². The van der Waals surface area contributed by atoms with Crippen LogP contribution in [-0.4, -0.2) is 38.3 Å². The smallest absolute Gasteiger partial charge is 0.378 e. The predicted molar refractivity (Wildman–Crippen MR) is 115 cm³/mol. The van der Waals surface area contributed by atoms with Crippen LogP contribution in [0.2, 0.25) is 0 Å². The summed E-state index contributed by atoms with van der Waals surface area (Å²) in [7, 11) is 0. The largest absolute Gasteiger partial charge is 0.416 e. The number of hydrogen-bond acceptors (Lipinski definition) is 3. The lowest BCUT2D eigenvalue weighted by molar-refractivity contribution is -0.138. The van der Waals surface area contributed by atoms with E-state index < -0.39 is 11.7 Å². The van der Waals surface area contributed by atoms with E-state index in [0.717, 1.165) is 25.7 Å². The first-order chi connectivity index (χ1) is 12.9. The highest BCUT2D eigenvalue weighted by atomic mass is 127. The molecule has 5 nitrogen and oxygen atoms in total. The maximum atomic E-state index is 13.6. The number of halogens is 4. The van der Waals surface area contributed by atoms with E-state index in [4.69, 9.17) is 10.5 Å². The minimum atomic E-state index is -4.43. The summed E-state index contributed by atoms with van der Waals surface area (Å²) in [5.41, 5.74) is 5.94. The van der Waals surface area contributed by atoms with Crippen molar-refractivity contribution in [3.05, 3.63) is 29.3 Å². The van der Waals surface area contributed by atoms with E-state index in [1.807, 2.05) is 4.90 Å². The third-order valence-corrected chi connectivity index (χ3v) is 5.15. The van der Waals surface area contributed by atoms with Gasteiger partial charge < -0.3 is 20.7 Å². The lowest BCUT2D eigenvalue weighted by Crippen LogP contribution is -2.41. The van der Waals surface area contributed by atoms with Crippen LogP contribution in [0.5, 0.6) is 0 Å². The molecule has 1 aromatic carbocycles. The molecule has 1 saturated heterocycles. The van der Waals surface area contributed by atoms with Crippen LogP contribution in [0.15, 0.2) is 23.2 Å². The van der Waals surface area contributed by atoms with E-state index in [0.29, 0.717) is 32.0 Å². The molecule has 0 amide bonds. The number of nitrogens with zero attached hydrogens (tertiary/aromatic N) is 2. The minimum absolute atomic E-state index is 0. The summed E-state index contributed by atoms with van der Waals surface area (Å²) in [6.07, 6.45) is 1.13. The molecule has 1 aromatic rings. The number of morpholine rings is 1. The Hall–Kier alpha value is -1.23. The Morgan fingerprint density at radius 1 is 1.18 bits per heavy atom. The molecule has 1 aliphatic carbocycles. The SMILES string of the molecule is I.NC(=NCc1ccc(N2CCOCC2)cc1C(F)(F)F)NC1CCCCC1. The van der Waals surface area contributed by atoms with Crippen LogP contribution in [-0.2, 0) is 17.5 Å². The molecule has 2 aliphatic rings. The number of hydrogen-bond donors (Lipinski definition) is 2. The van der Waals surface area contributed by atoms with Gasteiger partial charge in [0.15, 0.2) is 5.96 Å². The Kier molecular flexibility index (Phi) is 8.66. The van der Waals surface area contributed by atoms with Crippen molar-refractivity contribution < 1.29 is 17.9 Å². The van der Waals surface area contributed by atoms with Gasteiger partial charge in [0, 0.05) is 24.8 Å². The van der Waals surface area contributed by atoms with Crippen LogP contribution in [0.3, 0.4) is 0 Å². The Morgan fingerprint density at radius 3 is 2.50 bits per heavy atom. The molecule has 2 fully saturated rings. The lowest BCUT2D eigenvalue weighted by atomic mass is 9.96. The van der Waals surface area contributed by atoms with Gasteiger partial charge >= 0.3 is 6.18 Å².